The summed E-state index contributed by atoms with van der Waals surface area (Å²) in [5, 5.41) is 3.86. The Labute approximate surface area is 190 Å². The summed E-state index contributed by atoms with van der Waals surface area (Å²) in [7, 11) is -3.52. The lowest BCUT2D eigenvalue weighted by Gasteiger charge is -2.34. The minimum absolute atomic E-state index is 0.0462. The molecule has 0 spiro atoms. The Balaban J connectivity index is 1.53. The van der Waals surface area contributed by atoms with Crippen molar-refractivity contribution in [1.29, 1.82) is 0 Å². The number of fused-ring (bicyclic) bond motifs is 1. The van der Waals surface area contributed by atoms with Crippen LogP contribution >= 0.6 is 35.0 Å². The molecule has 1 aliphatic rings. The van der Waals surface area contributed by atoms with Crippen LogP contribution in [0.1, 0.15) is 12.5 Å². The molecule has 0 bridgehead atoms. The van der Waals surface area contributed by atoms with Gasteiger partial charge in [-0.3, -0.25) is 9.10 Å². The summed E-state index contributed by atoms with van der Waals surface area (Å²) in [6, 6.07) is 12.3. The number of ether oxygens (including phenoxy) is 1. The topological polar surface area (TPSA) is 75.7 Å². The summed E-state index contributed by atoms with van der Waals surface area (Å²) in [5.74, 6) is 1.42. The van der Waals surface area contributed by atoms with Crippen molar-refractivity contribution in [2.45, 2.75) is 18.8 Å². The van der Waals surface area contributed by atoms with Crippen molar-refractivity contribution in [2.75, 3.05) is 28.9 Å². The Hall–Kier alpha value is -1.61. The number of sulfonamides is 1. The summed E-state index contributed by atoms with van der Waals surface area (Å²) in [6.45, 7) is 1.97. The highest BCUT2D eigenvalue weighted by molar-refractivity contribution is 7.98. The van der Waals surface area contributed by atoms with Gasteiger partial charge in [0.1, 0.15) is 5.75 Å². The van der Waals surface area contributed by atoms with E-state index in [-0.39, 0.29) is 18.2 Å². The molecule has 1 aliphatic heterocycles. The number of rotatable bonds is 8. The Bertz CT molecular complexity index is 1020. The molecule has 2 aromatic rings. The van der Waals surface area contributed by atoms with Gasteiger partial charge in [-0.1, -0.05) is 41.4 Å². The second kappa shape index (κ2) is 10.1. The second-order valence-electron chi connectivity index (χ2n) is 6.60. The molecular formula is C20H22Cl2N2O4S2. The third-order valence-electron chi connectivity index (χ3n) is 4.53. The maximum atomic E-state index is 12.6. The van der Waals surface area contributed by atoms with Crippen LogP contribution in [0.4, 0.5) is 5.69 Å². The third kappa shape index (κ3) is 5.55. The normalized spacial score (nSPS) is 16.0. The van der Waals surface area contributed by atoms with Gasteiger partial charge >= 0.3 is 0 Å². The van der Waals surface area contributed by atoms with Crippen molar-refractivity contribution in [2.24, 2.45) is 0 Å². The highest BCUT2D eigenvalue weighted by atomic mass is 35.5. The van der Waals surface area contributed by atoms with Crippen LogP contribution in [-0.2, 0) is 20.6 Å². The Morgan fingerprint density at radius 2 is 2.00 bits per heavy atom. The van der Waals surface area contributed by atoms with Crippen LogP contribution in [-0.4, -0.2) is 45.0 Å². The summed E-state index contributed by atoms with van der Waals surface area (Å²) >= 11 is 13.6. The average molecular weight is 489 g/mol. The minimum Gasteiger partial charge on any atom is -0.476 e. The van der Waals surface area contributed by atoms with Crippen LogP contribution in [0, 0.1) is 0 Å². The fourth-order valence-corrected chi connectivity index (χ4v) is 5.19. The number of carbonyl (C=O) groups is 1. The molecule has 1 amide bonds. The van der Waals surface area contributed by atoms with Gasteiger partial charge in [0.2, 0.25) is 10.0 Å². The molecule has 0 unspecified atom stereocenters. The molecule has 30 heavy (non-hydrogen) atoms. The van der Waals surface area contributed by atoms with Crippen molar-refractivity contribution >= 4 is 56.6 Å². The molecule has 162 valence electrons. The molecule has 10 heteroatoms. The molecule has 1 heterocycles. The number of nitrogens with zero attached hydrogens (tertiary/aromatic N) is 1. The van der Waals surface area contributed by atoms with E-state index in [1.807, 2.05) is 12.1 Å². The van der Waals surface area contributed by atoms with E-state index in [9.17, 15) is 13.2 Å². The zero-order valence-corrected chi connectivity index (χ0v) is 19.5. The van der Waals surface area contributed by atoms with Gasteiger partial charge in [-0.25, -0.2) is 8.42 Å². The van der Waals surface area contributed by atoms with E-state index in [2.05, 4.69) is 5.32 Å². The molecule has 0 fully saturated rings. The lowest BCUT2D eigenvalue weighted by atomic mass is 10.2. The SMILES string of the molecule is CCS(=O)(=O)N1C[C@@H](C(=O)NCCSCc2ccc(Cl)c(Cl)c2)Oc2ccccc21. The largest absolute Gasteiger partial charge is 0.476 e. The zero-order chi connectivity index (χ0) is 21.7. The van der Waals surface area contributed by atoms with E-state index in [4.69, 9.17) is 27.9 Å². The molecule has 1 N–H and O–H groups in total. The van der Waals surface area contributed by atoms with E-state index in [1.54, 1.807) is 49.0 Å². The molecule has 0 radical (unpaired) electrons. The molecule has 0 saturated heterocycles. The van der Waals surface area contributed by atoms with Crippen molar-refractivity contribution < 1.29 is 17.9 Å². The fraction of sp³-hybridized carbons (Fsp3) is 0.350. The second-order valence-corrected chi connectivity index (χ2v) is 10.7. The van der Waals surface area contributed by atoms with Gasteiger partial charge in [0, 0.05) is 18.1 Å². The molecule has 6 nitrogen and oxygen atoms in total. The number of hydrogen-bond acceptors (Lipinski definition) is 5. The molecule has 2 aromatic carbocycles. The van der Waals surface area contributed by atoms with Gasteiger partial charge < -0.3 is 10.1 Å². The quantitative estimate of drug-likeness (QED) is 0.569. The van der Waals surface area contributed by atoms with Crippen LogP contribution in [0.15, 0.2) is 42.5 Å². The van der Waals surface area contributed by atoms with Crippen molar-refractivity contribution in [3.05, 3.63) is 58.1 Å². The van der Waals surface area contributed by atoms with Gasteiger partial charge in [0.25, 0.3) is 5.91 Å². The first-order valence-corrected chi connectivity index (χ1v) is 12.9. The number of para-hydroxylation sites is 2. The maximum absolute atomic E-state index is 12.6. The minimum atomic E-state index is -3.52. The monoisotopic (exact) mass is 488 g/mol. The van der Waals surface area contributed by atoms with E-state index in [0.29, 0.717) is 33.8 Å². The van der Waals surface area contributed by atoms with E-state index < -0.39 is 16.1 Å². The zero-order valence-electron chi connectivity index (χ0n) is 16.3. The van der Waals surface area contributed by atoms with E-state index >= 15 is 0 Å². The average Bonchev–Trinajstić information content (AvgIpc) is 2.74. The fourth-order valence-electron chi connectivity index (χ4n) is 2.94. The molecular weight excluding hydrogens is 467 g/mol. The van der Waals surface area contributed by atoms with Gasteiger partial charge in [-0.2, -0.15) is 11.8 Å². The number of nitrogens with one attached hydrogen (secondary N) is 1. The van der Waals surface area contributed by atoms with Crippen LogP contribution in [0.3, 0.4) is 0 Å². The molecule has 0 aliphatic carbocycles. The number of anilines is 1. The van der Waals surface area contributed by atoms with Gasteiger partial charge in [0.15, 0.2) is 6.10 Å². The Morgan fingerprint density at radius 3 is 2.73 bits per heavy atom. The summed E-state index contributed by atoms with van der Waals surface area (Å²) in [4.78, 5) is 12.6. The number of hydrogen-bond donors (Lipinski definition) is 1. The summed E-state index contributed by atoms with van der Waals surface area (Å²) in [5.41, 5.74) is 1.51. The third-order valence-corrected chi connectivity index (χ3v) is 8.04. The maximum Gasteiger partial charge on any atom is 0.263 e. The number of thioether (sulfide) groups is 1. The van der Waals surface area contributed by atoms with Crippen molar-refractivity contribution in [3.63, 3.8) is 0 Å². The lowest BCUT2D eigenvalue weighted by Crippen LogP contribution is -2.51. The van der Waals surface area contributed by atoms with Crippen molar-refractivity contribution in [3.8, 4) is 5.75 Å². The van der Waals surface area contributed by atoms with Gasteiger partial charge in [-0.05, 0) is 36.8 Å². The summed E-state index contributed by atoms with van der Waals surface area (Å²) in [6.07, 6.45) is -0.902. The number of benzene rings is 2. The molecule has 3 rings (SSSR count). The number of halogens is 2. The first-order valence-electron chi connectivity index (χ1n) is 9.37. The number of carbonyl (C=O) groups excluding carboxylic acids is 1. The number of amides is 1. The molecule has 1 atom stereocenters. The lowest BCUT2D eigenvalue weighted by molar-refractivity contribution is -0.127. The highest BCUT2D eigenvalue weighted by Crippen LogP contribution is 2.35. The van der Waals surface area contributed by atoms with Crippen molar-refractivity contribution in [1.82, 2.24) is 5.32 Å². The predicted octanol–water partition coefficient (Wildman–Crippen LogP) is 3.96. The van der Waals surface area contributed by atoms with Crippen LogP contribution < -0.4 is 14.4 Å². The standard InChI is InChI=1S/C20H22Cl2N2O4S2/c1-2-30(26,27)24-12-19(28-18-6-4-3-5-17(18)24)20(25)23-9-10-29-13-14-7-8-15(21)16(22)11-14/h3-8,11,19H,2,9-10,12-13H2,1H3,(H,23,25)/t19-/m0/s1. The summed E-state index contributed by atoms with van der Waals surface area (Å²) < 4.78 is 32.0. The first kappa shape index (κ1) is 23.1. The van der Waals surface area contributed by atoms with Gasteiger partial charge in [-0.15, -0.1) is 0 Å². The molecule has 0 aromatic heterocycles. The molecule has 0 saturated carbocycles. The van der Waals surface area contributed by atoms with Crippen LogP contribution in [0.2, 0.25) is 10.0 Å². The van der Waals surface area contributed by atoms with E-state index in [1.165, 1.54) is 4.31 Å². The van der Waals surface area contributed by atoms with E-state index in [0.717, 1.165) is 11.3 Å². The smallest absolute Gasteiger partial charge is 0.263 e. The Morgan fingerprint density at radius 1 is 1.23 bits per heavy atom. The van der Waals surface area contributed by atoms with Crippen LogP contribution in [0.5, 0.6) is 5.75 Å². The predicted molar refractivity (Wildman–Crippen MR) is 123 cm³/mol. The highest BCUT2D eigenvalue weighted by Gasteiger charge is 2.35. The first-order chi connectivity index (χ1) is 14.3. The Kier molecular flexibility index (Phi) is 7.79. The van der Waals surface area contributed by atoms with Crippen LogP contribution in [0.25, 0.3) is 0 Å². The van der Waals surface area contributed by atoms with Gasteiger partial charge in [0.05, 0.1) is 28.0 Å².